The summed E-state index contributed by atoms with van der Waals surface area (Å²) in [6, 6.07) is 5.02. The highest BCUT2D eigenvalue weighted by Gasteiger charge is 2.31. The molecule has 9 nitrogen and oxygen atoms in total. The number of nitrogens with one attached hydrogen (secondary N) is 1. The van der Waals surface area contributed by atoms with Gasteiger partial charge in [-0.15, -0.1) is 0 Å². The maximum atomic E-state index is 12.7. The molecule has 0 bridgehead atoms. The lowest BCUT2D eigenvalue weighted by Crippen LogP contribution is -2.36. The third kappa shape index (κ3) is 4.76. The highest BCUT2D eigenvalue weighted by molar-refractivity contribution is 7.91. The molecule has 2 heterocycles. The molecular weight excluding hydrogens is 414 g/mol. The van der Waals surface area contributed by atoms with Crippen molar-refractivity contribution in [3.05, 3.63) is 51.6 Å². The lowest BCUT2D eigenvalue weighted by molar-refractivity contribution is -0.121. The van der Waals surface area contributed by atoms with E-state index in [9.17, 15) is 28.2 Å². The molecule has 0 saturated carbocycles. The molecule has 1 aromatic heterocycles. The van der Waals surface area contributed by atoms with Gasteiger partial charge in [0.2, 0.25) is 17.1 Å². The van der Waals surface area contributed by atoms with E-state index < -0.39 is 38.9 Å². The monoisotopic (exact) mass is 437 g/mol. The summed E-state index contributed by atoms with van der Waals surface area (Å²) in [6.07, 6.45) is 0.112. The number of carbonyl (C=O) groups is 1. The Morgan fingerprint density at radius 1 is 1.33 bits per heavy atom. The average molecular weight is 437 g/mol. The number of benzene rings is 1. The first-order valence-corrected chi connectivity index (χ1v) is 11.1. The number of phenols is 1. The van der Waals surface area contributed by atoms with Crippen LogP contribution in [0.2, 0.25) is 0 Å². The number of amides is 1. The van der Waals surface area contributed by atoms with Gasteiger partial charge in [0.15, 0.2) is 27.1 Å². The minimum Gasteiger partial charge on any atom is -0.504 e. The fourth-order valence-corrected chi connectivity index (χ4v) is 5.19. The highest BCUT2D eigenvalue weighted by atomic mass is 32.2. The molecule has 10 heteroatoms. The molecule has 1 saturated heterocycles. The largest absolute Gasteiger partial charge is 0.504 e. The second-order valence-corrected chi connectivity index (χ2v) is 9.52. The van der Waals surface area contributed by atoms with E-state index in [1.165, 1.54) is 25.3 Å². The number of hydrogen-bond donors (Lipinski definition) is 3. The number of ether oxygens (including phenoxy) is 1. The Bertz CT molecular complexity index is 1120. The number of carbonyl (C=O) groups excluding carboxylic acids is 1. The molecule has 1 aliphatic heterocycles. The lowest BCUT2D eigenvalue weighted by atomic mass is 9.91. The normalized spacial score (nSPS) is 18.7. The van der Waals surface area contributed by atoms with Gasteiger partial charge in [-0.05, 0) is 31.0 Å². The van der Waals surface area contributed by atoms with Crippen LogP contribution in [-0.2, 0) is 14.6 Å². The SMILES string of the molecule is COc1cc([C@@H](CC(=O)N[C@H]2CCS(=O)(=O)C2)c2oc(C)cc(=O)c2O)ccc1O. The molecule has 0 aliphatic carbocycles. The fraction of sp³-hybridized carbons (Fsp3) is 0.400. The molecule has 2 aromatic rings. The van der Waals surface area contributed by atoms with Crippen molar-refractivity contribution in [2.24, 2.45) is 0 Å². The maximum absolute atomic E-state index is 12.7. The van der Waals surface area contributed by atoms with Gasteiger partial charge in [-0.2, -0.15) is 0 Å². The van der Waals surface area contributed by atoms with Crippen LogP contribution in [0.1, 0.15) is 35.8 Å². The molecule has 1 aromatic carbocycles. The van der Waals surface area contributed by atoms with E-state index in [0.717, 1.165) is 6.07 Å². The summed E-state index contributed by atoms with van der Waals surface area (Å²) in [5, 5.41) is 22.9. The predicted octanol–water partition coefficient (Wildman–Crippen LogP) is 1.19. The van der Waals surface area contributed by atoms with Gasteiger partial charge < -0.3 is 24.7 Å². The third-order valence-electron chi connectivity index (χ3n) is 4.98. The third-order valence-corrected chi connectivity index (χ3v) is 6.75. The van der Waals surface area contributed by atoms with Crippen LogP contribution in [0.15, 0.2) is 33.5 Å². The van der Waals surface area contributed by atoms with Crippen LogP contribution in [0.5, 0.6) is 17.2 Å². The van der Waals surface area contributed by atoms with Crippen LogP contribution >= 0.6 is 0 Å². The minimum atomic E-state index is -3.16. The number of phenolic OH excluding ortho intramolecular Hbond substituents is 1. The summed E-state index contributed by atoms with van der Waals surface area (Å²) in [4.78, 5) is 24.7. The van der Waals surface area contributed by atoms with Crippen LogP contribution in [-0.4, -0.2) is 49.2 Å². The predicted molar refractivity (Wildman–Crippen MR) is 108 cm³/mol. The Labute approximate surface area is 173 Å². The summed E-state index contributed by atoms with van der Waals surface area (Å²) in [5.41, 5.74) is -0.185. The quantitative estimate of drug-likeness (QED) is 0.612. The van der Waals surface area contributed by atoms with Gasteiger partial charge >= 0.3 is 0 Å². The summed E-state index contributed by atoms with van der Waals surface area (Å²) in [7, 11) is -1.80. The number of hydrogen-bond acceptors (Lipinski definition) is 8. The zero-order valence-corrected chi connectivity index (χ0v) is 17.4. The van der Waals surface area contributed by atoms with Gasteiger partial charge in [0.1, 0.15) is 5.76 Å². The van der Waals surface area contributed by atoms with Crippen LogP contribution < -0.4 is 15.5 Å². The average Bonchev–Trinajstić information content (AvgIpc) is 3.01. The molecule has 162 valence electrons. The van der Waals surface area contributed by atoms with Gasteiger partial charge in [0.25, 0.3) is 0 Å². The molecular formula is C20H23NO8S. The maximum Gasteiger partial charge on any atom is 0.227 e. The van der Waals surface area contributed by atoms with Crippen molar-refractivity contribution < 1.29 is 32.6 Å². The van der Waals surface area contributed by atoms with E-state index in [2.05, 4.69) is 5.32 Å². The number of sulfone groups is 1. The van der Waals surface area contributed by atoms with E-state index in [0.29, 0.717) is 12.0 Å². The van der Waals surface area contributed by atoms with Gasteiger partial charge in [-0.1, -0.05) is 6.07 Å². The lowest BCUT2D eigenvalue weighted by Gasteiger charge is -2.20. The molecule has 0 unspecified atom stereocenters. The standard InChI is InChI=1S/C20H23NO8S/c1-11-7-16(23)19(25)20(29-11)14(12-3-4-15(22)17(8-12)28-2)9-18(24)21-13-5-6-30(26,27)10-13/h3-4,7-8,13-14,22,25H,5-6,9-10H2,1-2H3,(H,21,24)/t13-,14+/m0/s1. The fourth-order valence-electron chi connectivity index (χ4n) is 3.52. The van der Waals surface area contributed by atoms with Crippen molar-refractivity contribution in [1.29, 1.82) is 0 Å². The summed E-state index contributed by atoms with van der Waals surface area (Å²) >= 11 is 0. The van der Waals surface area contributed by atoms with E-state index in [1.54, 1.807) is 6.92 Å². The molecule has 1 amide bonds. The van der Waals surface area contributed by atoms with E-state index >= 15 is 0 Å². The van der Waals surface area contributed by atoms with Crippen molar-refractivity contribution in [2.75, 3.05) is 18.6 Å². The summed E-state index contributed by atoms with van der Waals surface area (Å²) < 4.78 is 34.0. The smallest absolute Gasteiger partial charge is 0.227 e. The Hall–Kier alpha value is -3.01. The molecule has 3 rings (SSSR count). The van der Waals surface area contributed by atoms with Crippen molar-refractivity contribution in [2.45, 2.75) is 31.7 Å². The number of aromatic hydroxyl groups is 2. The van der Waals surface area contributed by atoms with Crippen LogP contribution in [0.25, 0.3) is 0 Å². The van der Waals surface area contributed by atoms with Crippen LogP contribution in [0.3, 0.4) is 0 Å². The van der Waals surface area contributed by atoms with Gasteiger partial charge in [0, 0.05) is 18.5 Å². The van der Waals surface area contributed by atoms with Gasteiger partial charge in [-0.3, -0.25) is 9.59 Å². The first-order valence-electron chi connectivity index (χ1n) is 9.30. The minimum absolute atomic E-state index is 0.0179. The molecule has 30 heavy (non-hydrogen) atoms. The Kier molecular flexibility index (Phi) is 6.06. The molecule has 1 aliphatic rings. The Balaban J connectivity index is 1.96. The molecule has 1 fully saturated rings. The van der Waals surface area contributed by atoms with Gasteiger partial charge in [0.05, 0.1) is 24.5 Å². The topological polar surface area (TPSA) is 143 Å². The first kappa shape index (κ1) is 21.7. The molecule has 2 atom stereocenters. The second-order valence-electron chi connectivity index (χ2n) is 7.29. The van der Waals surface area contributed by atoms with E-state index in [4.69, 9.17) is 9.15 Å². The van der Waals surface area contributed by atoms with Crippen molar-refractivity contribution in [1.82, 2.24) is 5.32 Å². The number of methoxy groups -OCH3 is 1. The molecule has 0 spiro atoms. The van der Waals surface area contributed by atoms with E-state index in [1.807, 2.05) is 0 Å². The van der Waals surface area contributed by atoms with E-state index in [-0.39, 0.29) is 40.9 Å². The summed E-state index contributed by atoms with van der Waals surface area (Å²) in [6.45, 7) is 1.54. The summed E-state index contributed by atoms with van der Waals surface area (Å²) in [5.74, 6) is -1.86. The number of aryl methyl sites for hydroxylation is 1. The number of rotatable bonds is 6. The Morgan fingerprint density at radius 3 is 2.70 bits per heavy atom. The zero-order valence-electron chi connectivity index (χ0n) is 16.5. The Morgan fingerprint density at radius 2 is 2.07 bits per heavy atom. The van der Waals surface area contributed by atoms with Crippen molar-refractivity contribution >= 4 is 15.7 Å². The van der Waals surface area contributed by atoms with Crippen molar-refractivity contribution in [3.8, 4) is 17.2 Å². The molecule has 0 radical (unpaired) electrons. The van der Waals surface area contributed by atoms with Gasteiger partial charge in [-0.25, -0.2) is 8.42 Å². The van der Waals surface area contributed by atoms with Crippen molar-refractivity contribution in [3.63, 3.8) is 0 Å². The highest BCUT2D eigenvalue weighted by Crippen LogP contribution is 2.37. The van der Waals surface area contributed by atoms with Crippen LogP contribution in [0.4, 0.5) is 0 Å². The first-order chi connectivity index (χ1) is 14.1. The second kappa shape index (κ2) is 8.39. The molecule has 3 N–H and O–H groups in total. The van der Waals surface area contributed by atoms with Crippen LogP contribution in [0, 0.1) is 6.92 Å². The zero-order chi connectivity index (χ0) is 22.1.